The highest BCUT2D eigenvalue weighted by atomic mass is 16.3. The molecule has 0 bridgehead atoms. The van der Waals surface area contributed by atoms with Gasteiger partial charge in [-0.2, -0.15) is 0 Å². The molecule has 0 saturated heterocycles. The number of carbonyl (C=O) groups excluding carboxylic acids is 1. The van der Waals surface area contributed by atoms with Crippen molar-refractivity contribution in [3.05, 3.63) is 59.7 Å². The third-order valence-electron chi connectivity index (χ3n) is 4.16. The van der Waals surface area contributed by atoms with Gasteiger partial charge in [0.25, 0.3) is 5.91 Å². The Morgan fingerprint density at radius 2 is 2.14 bits per heavy atom. The lowest BCUT2D eigenvalue weighted by Gasteiger charge is -2.23. The van der Waals surface area contributed by atoms with E-state index in [0.29, 0.717) is 5.76 Å². The van der Waals surface area contributed by atoms with E-state index in [-0.39, 0.29) is 11.9 Å². The normalized spacial score (nSPS) is 17.6. The predicted molar refractivity (Wildman–Crippen MR) is 80.2 cm³/mol. The maximum Gasteiger partial charge on any atom is 0.287 e. The Kier molecular flexibility index (Phi) is 2.81. The van der Waals surface area contributed by atoms with Crippen LogP contribution in [-0.2, 0) is 6.42 Å². The Hall–Kier alpha value is -2.49. The molecule has 2 N–H and O–H groups in total. The van der Waals surface area contributed by atoms with Crippen LogP contribution in [0.3, 0.4) is 0 Å². The first-order chi connectivity index (χ1) is 10.3. The summed E-state index contributed by atoms with van der Waals surface area (Å²) < 4.78 is 5.16. The van der Waals surface area contributed by atoms with Crippen molar-refractivity contribution in [3.63, 3.8) is 0 Å². The van der Waals surface area contributed by atoms with Gasteiger partial charge in [0.05, 0.1) is 12.3 Å². The minimum atomic E-state index is -0.156. The molecule has 2 aromatic heterocycles. The van der Waals surface area contributed by atoms with E-state index < -0.39 is 0 Å². The zero-order valence-electron chi connectivity index (χ0n) is 11.6. The molecular formula is C17H16N2O2. The van der Waals surface area contributed by atoms with Crippen molar-refractivity contribution in [1.29, 1.82) is 0 Å². The Labute approximate surface area is 122 Å². The van der Waals surface area contributed by atoms with Crippen molar-refractivity contribution >= 4 is 16.8 Å². The monoisotopic (exact) mass is 280 g/mol. The maximum absolute atomic E-state index is 12.2. The second kappa shape index (κ2) is 4.81. The fourth-order valence-electron chi connectivity index (χ4n) is 3.20. The molecule has 1 aliphatic rings. The largest absolute Gasteiger partial charge is 0.459 e. The minimum Gasteiger partial charge on any atom is -0.459 e. The van der Waals surface area contributed by atoms with Crippen LogP contribution in [0.5, 0.6) is 0 Å². The summed E-state index contributed by atoms with van der Waals surface area (Å²) in [5, 5.41) is 4.34. The third-order valence-corrected chi connectivity index (χ3v) is 4.16. The van der Waals surface area contributed by atoms with Gasteiger partial charge in [0.2, 0.25) is 0 Å². The topological polar surface area (TPSA) is 58.0 Å². The molecule has 1 atom stereocenters. The van der Waals surface area contributed by atoms with Crippen LogP contribution in [-0.4, -0.2) is 10.9 Å². The molecule has 0 spiro atoms. The summed E-state index contributed by atoms with van der Waals surface area (Å²) in [6, 6.07) is 11.7. The molecule has 4 heteroatoms. The van der Waals surface area contributed by atoms with Gasteiger partial charge in [0.1, 0.15) is 0 Å². The van der Waals surface area contributed by atoms with Gasteiger partial charge in [-0.25, -0.2) is 0 Å². The number of aryl methyl sites for hydroxylation is 1. The number of carbonyl (C=O) groups is 1. The molecular weight excluding hydrogens is 264 g/mol. The van der Waals surface area contributed by atoms with E-state index in [4.69, 9.17) is 4.42 Å². The predicted octanol–water partition coefficient (Wildman–Crippen LogP) is 3.57. The van der Waals surface area contributed by atoms with Crippen LogP contribution in [0.25, 0.3) is 10.9 Å². The van der Waals surface area contributed by atoms with Gasteiger partial charge < -0.3 is 14.7 Å². The molecule has 1 amide bonds. The summed E-state index contributed by atoms with van der Waals surface area (Å²) in [5.74, 6) is 0.203. The number of nitrogens with one attached hydrogen (secondary N) is 2. The van der Waals surface area contributed by atoms with Crippen LogP contribution in [0.1, 0.15) is 40.7 Å². The van der Waals surface area contributed by atoms with E-state index in [1.54, 1.807) is 12.1 Å². The van der Waals surface area contributed by atoms with Gasteiger partial charge in [0, 0.05) is 16.6 Å². The van der Waals surface area contributed by atoms with Crippen LogP contribution in [0.15, 0.2) is 47.1 Å². The molecule has 0 saturated carbocycles. The van der Waals surface area contributed by atoms with Gasteiger partial charge in [-0.05, 0) is 43.0 Å². The highest BCUT2D eigenvalue weighted by Gasteiger charge is 2.26. The third kappa shape index (κ3) is 2.03. The standard InChI is InChI=1S/C17H16N2O2/c20-17(15-9-4-10-21-15)19-14-8-3-6-12-11-5-1-2-7-13(11)18-16(12)14/h1-2,4-5,7,9-10,14,18H,3,6,8H2,(H,19,20). The molecule has 106 valence electrons. The zero-order valence-corrected chi connectivity index (χ0v) is 11.6. The van der Waals surface area contributed by atoms with Crippen molar-refractivity contribution < 1.29 is 9.21 Å². The zero-order chi connectivity index (χ0) is 14.2. The SMILES string of the molecule is O=C(NC1CCCc2c1[nH]c1ccccc21)c1ccco1. The lowest BCUT2D eigenvalue weighted by Crippen LogP contribution is -2.30. The first-order valence-electron chi connectivity index (χ1n) is 7.27. The van der Waals surface area contributed by atoms with Crippen molar-refractivity contribution in [1.82, 2.24) is 10.3 Å². The lowest BCUT2D eigenvalue weighted by atomic mass is 9.91. The number of H-pyrrole nitrogens is 1. The number of furan rings is 1. The van der Waals surface area contributed by atoms with Crippen LogP contribution in [0.4, 0.5) is 0 Å². The molecule has 3 aromatic rings. The molecule has 2 heterocycles. The Bertz CT molecular complexity index is 786. The van der Waals surface area contributed by atoms with Crippen molar-refractivity contribution in [2.24, 2.45) is 0 Å². The molecule has 4 rings (SSSR count). The van der Waals surface area contributed by atoms with Crippen molar-refractivity contribution in [2.75, 3.05) is 0 Å². The number of fused-ring (bicyclic) bond motifs is 3. The van der Waals surface area contributed by atoms with Gasteiger partial charge in [-0.3, -0.25) is 4.79 Å². The Morgan fingerprint density at radius 3 is 3.00 bits per heavy atom. The summed E-state index contributed by atoms with van der Waals surface area (Å²) in [7, 11) is 0. The van der Waals surface area contributed by atoms with Gasteiger partial charge in [-0.1, -0.05) is 18.2 Å². The highest BCUT2D eigenvalue weighted by Crippen LogP contribution is 2.34. The van der Waals surface area contributed by atoms with Gasteiger partial charge in [0.15, 0.2) is 5.76 Å². The summed E-state index contributed by atoms with van der Waals surface area (Å²) in [6.07, 6.45) is 4.61. The molecule has 0 aliphatic heterocycles. The summed E-state index contributed by atoms with van der Waals surface area (Å²) in [4.78, 5) is 15.7. The average Bonchev–Trinajstić information content (AvgIpc) is 3.15. The number of benzene rings is 1. The van der Waals surface area contributed by atoms with Crippen molar-refractivity contribution in [3.8, 4) is 0 Å². The number of hydrogen-bond acceptors (Lipinski definition) is 2. The number of amides is 1. The van der Waals surface area contributed by atoms with E-state index in [2.05, 4.69) is 28.5 Å². The molecule has 1 unspecified atom stereocenters. The Balaban J connectivity index is 1.68. The quantitative estimate of drug-likeness (QED) is 0.754. The lowest BCUT2D eigenvalue weighted by molar-refractivity contribution is 0.0904. The molecule has 4 nitrogen and oxygen atoms in total. The molecule has 0 fully saturated rings. The number of para-hydroxylation sites is 1. The van der Waals surface area contributed by atoms with E-state index >= 15 is 0 Å². The number of rotatable bonds is 2. The average molecular weight is 280 g/mol. The van der Waals surface area contributed by atoms with Crippen LogP contribution < -0.4 is 5.32 Å². The number of aromatic amines is 1. The van der Waals surface area contributed by atoms with Crippen LogP contribution in [0.2, 0.25) is 0 Å². The minimum absolute atomic E-state index is 0.0266. The molecule has 21 heavy (non-hydrogen) atoms. The number of hydrogen-bond donors (Lipinski definition) is 2. The van der Waals surface area contributed by atoms with E-state index in [1.165, 1.54) is 17.2 Å². The van der Waals surface area contributed by atoms with Crippen LogP contribution in [0, 0.1) is 0 Å². The molecule has 1 aromatic carbocycles. The van der Waals surface area contributed by atoms with E-state index in [9.17, 15) is 4.79 Å². The number of aromatic nitrogens is 1. The Morgan fingerprint density at radius 1 is 1.24 bits per heavy atom. The second-order valence-electron chi connectivity index (χ2n) is 5.46. The van der Waals surface area contributed by atoms with Crippen LogP contribution >= 0.6 is 0 Å². The highest BCUT2D eigenvalue weighted by molar-refractivity contribution is 5.92. The van der Waals surface area contributed by atoms with Gasteiger partial charge >= 0.3 is 0 Å². The fraction of sp³-hybridized carbons (Fsp3) is 0.235. The smallest absolute Gasteiger partial charge is 0.287 e. The molecule has 0 radical (unpaired) electrons. The summed E-state index contributed by atoms with van der Waals surface area (Å²) in [5.41, 5.74) is 3.62. The summed E-state index contributed by atoms with van der Waals surface area (Å²) in [6.45, 7) is 0. The second-order valence-corrected chi connectivity index (χ2v) is 5.46. The maximum atomic E-state index is 12.2. The van der Waals surface area contributed by atoms with E-state index in [0.717, 1.165) is 30.5 Å². The summed E-state index contributed by atoms with van der Waals surface area (Å²) >= 11 is 0. The first-order valence-corrected chi connectivity index (χ1v) is 7.27. The van der Waals surface area contributed by atoms with Gasteiger partial charge in [-0.15, -0.1) is 0 Å². The van der Waals surface area contributed by atoms with E-state index in [1.807, 2.05) is 6.07 Å². The molecule has 1 aliphatic carbocycles. The fourth-order valence-corrected chi connectivity index (χ4v) is 3.20. The van der Waals surface area contributed by atoms with Crippen molar-refractivity contribution in [2.45, 2.75) is 25.3 Å². The first kappa shape index (κ1) is 12.3.